The fourth-order valence-electron chi connectivity index (χ4n) is 1.41. The molecule has 0 radical (unpaired) electrons. The molecule has 1 aromatic rings. The number of ether oxygens (including phenoxy) is 1. The minimum atomic E-state index is -0.280. The third kappa shape index (κ3) is 2.73. The maximum Gasteiger partial charge on any atom is 0.274 e. The SMILES string of the molecule is CCc1[nH]nc(C(=O)NC(C)COC)c1N. The number of hydrogen-bond donors (Lipinski definition) is 3. The molecule has 1 amide bonds. The molecule has 0 saturated heterocycles. The Labute approximate surface area is 94.5 Å². The molecule has 0 saturated carbocycles. The van der Waals surface area contributed by atoms with E-state index < -0.39 is 0 Å². The van der Waals surface area contributed by atoms with Crippen LogP contribution in [0.15, 0.2) is 0 Å². The van der Waals surface area contributed by atoms with Crippen molar-refractivity contribution in [2.24, 2.45) is 0 Å². The molecule has 1 aromatic heterocycles. The topological polar surface area (TPSA) is 93.0 Å². The van der Waals surface area contributed by atoms with Gasteiger partial charge in [0.25, 0.3) is 5.91 Å². The van der Waals surface area contributed by atoms with Crippen molar-refractivity contribution in [1.29, 1.82) is 0 Å². The van der Waals surface area contributed by atoms with Gasteiger partial charge in [-0.25, -0.2) is 0 Å². The second-order valence-corrected chi connectivity index (χ2v) is 3.65. The number of carbonyl (C=O) groups is 1. The first-order chi connectivity index (χ1) is 7.60. The maximum absolute atomic E-state index is 11.8. The number of carbonyl (C=O) groups excluding carboxylic acids is 1. The minimum Gasteiger partial charge on any atom is -0.395 e. The molecule has 90 valence electrons. The standard InChI is InChI=1S/C10H18N4O2/c1-4-7-8(11)9(14-13-7)10(15)12-6(2)5-16-3/h6H,4-5,11H2,1-3H3,(H,12,15)(H,13,14). The highest BCUT2D eigenvalue weighted by Crippen LogP contribution is 2.14. The fraction of sp³-hybridized carbons (Fsp3) is 0.600. The van der Waals surface area contributed by atoms with Gasteiger partial charge >= 0.3 is 0 Å². The first kappa shape index (κ1) is 12.5. The van der Waals surface area contributed by atoms with Gasteiger partial charge in [0.1, 0.15) is 0 Å². The highest BCUT2D eigenvalue weighted by molar-refractivity contribution is 5.97. The zero-order valence-corrected chi connectivity index (χ0v) is 9.83. The van der Waals surface area contributed by atoms with E-state index >= 15 is 0 Å². The van der Waals surface area contributed by atoms with Crippen molar-refractivity contribution in [2.75, 3.05) is 19.5 Å². The summed E-state index contributed by atoms with van der Waals surface area (Å²) in [7, 11) is 1.58. The maximum atomic E-state index is 11.8. The number of H-pyrrole nitrogens is 1. The van der Waals surface area contributed by atoms with Crippen LogP contribution in [0, 0.1) is 0 Å². The molecular formula is C10H18N4O2. The van der Waals surface area contributed by atoms with E-state index in [0.29, 0.717) is 12.3 Å². The van der Waals surface area contributed by atoms with Gasteiger partial charge in [0.05, 0.1) is 18.0 Å². The van der Waals surface area contributed by atoms with E-state index in [1.807, 2.05) is 13.8 Å². The zero-order valence-electron chi connectivity index (χ0n) is 9.83. The quantitative estimate of drug-likeness (QED) is 0.674. The van der Waals surface area contributed by atoms with Gasteiger partial charge in [-0.05, 0) is 13.3 Å². The summed E-state index contributed by atoms with van der Waals surface area (Å²) < 4.78 is 4.92. The molecule has 0 aromatic carbocycles. The Balaban J connectivity index is 2.69. The minimum absolute atomic E-state index is 0.0707. The van der Waals surface area contributed by atoms with Crippen molar-refractivity contribution >= 4 is 11.6 Å². The van der Waals surface area contributed by atoms with Crippen molar-refractivity contribution in [2.45, 2.75) is 26.3 Å². The fourth-order valence-corrected chi connectivity index (χ4v) is 1.41. The van der Waals surface area contributed by atoms with E-state index in [4.69, 9.17) is 10.5 Å². The van der Waals surface area contributed by atoms with Crippen molar-refractivity contribution in [1.82, 2.24) is 15.5 Å². The summed E-state index contributed by atoms with van der Waals surface area (Å²) in [6.07, 6.45) is 0.722. The summed E-state index contributed by atoms with van der Waals surface area (Å²) >= 11 is 0. The molecule has 0 bridgehead atoms. The molecule has 16 heavy (non-hydrogen) atoms. The van der Waals surface area contributed by atoms with Gasteiger partial charge < -0.3 is 15.8 Å². The van der Waals surface area contributed by atoms with E-state index in [9.17, 15) is 4.79 Å². The second-order valence-electron chi connectivity index (χ2n) is 3.65. The van der Waals surface area contributed by atoms with Gasteiger partial charge in [0.15, 0.2) is 5.69 Å². The summed E-state index contributed by atoms with van der Waals surface area (Å²) in [6.45, 7) is 4.25. The number of aromatic amines is 1. The average Bonchev–Trinajstić information content (AvgIpc) is 2.59. The predicted molar refractivity (Wildman–Crippen MR) is 61.2 cm³/mol. The Hall–Kier alpha value is -1.56. The normalized spacial score (nSPS) is 12.4. The summed E-state index contributed by atoms with van der Waals surface area (Å²) in [4.78, 5) is 11.8. The first-order valence-corrected chi connectivity index (χ1v) is 5.22. The largest absolute Gasteiger partial charge is 0.395 e. The van der Waals surface area contributed by atoms with Crippen molar-refractivity contribution < 1.29 is 9.53 Å². The van der Waals surface area contributed by atoms with Crippen LogP contribution in [0.1, 0.15) is 30.0 Å². The number of aryl methyl sites for hydroxylation is 1. The highest BCUT2D eigenvalue weighted by atomic mass is 16.5. The van der Waals surface area contributed by atoms with Crippen LogP contribution in [-0.2, 0) is 11.2 Å². The van der Waals surface area contributed by atoms with Gasteiger partial charge in [-0.3, -0.25) is 9.89 Å². The van der Waals surface area contributed by atoms with E-state index in [1.54, 1.807) is 7.11 Å². The van der Waals surface area contributed by atoms with Gasteiger partial charge in [-0.2, -0.15) is 5.10 Å². The lowest BCUT2D eigenvalue weighted by Crippen LogP contribution is -2.36. The van der Waals surface area contributed by atoms with Crippen LogP contribution in [0.2, 0.25) is 0 Å². The van der Waals surface area contributed by atoms with Crippen molar-refractivity contribution in [3.05, 3.63) is 11.4 Å². The number of hydrogen-bond acceptors (Lipinski definition) is 4. The third-order valence-electron chi connectivity index (χ3n) is 2.25. The molecule has 4 N–H and O–H groups in total. The smallest absolute Gasteiger partial charge is 0.274 e. The van der Waals surface area contributed by atoms with E-state index in [-0.39, 0.29) is 17.6 Å². The van der Waals surface area contributed by atoms with Gasteiger partial charge in [-0.1, -0.05) is 6.92 Å². The van der Waals surface area contributed by atoms with Gasteiger partial charge in [0.2, 0.25) is 0 Å². The van der Waals surface area contributed by atoms with Crippen molar-refractivity contribution in [3.63, 3.8) is 0 Å². The van der Waals surface area contributed by atoms with Crippen LogP contribution >= 0.6 is 0 Å². The van der Waals surface area contributed by atoms with Crippen LogP contribution in [0.5, 0.6) is 0 Å². The summed E-state index contributed by atoms with van der Waals surface area (Å²) in [5.41, 5.74) is 7.23. The molecule has 0 fully saturated rings. The monoisotopic (exact) mass is 226 g/mol. The molecule has 1 rings (SSSR count). The summed E-state index contributed by atoms with van der Waals surface area (Å²) in [5, 5.41) is 9.39. The average molecular weight is 226 g/mol. The molecule has 6 nitrogen and oxygen atoms in total. The molecular weight excluding hydrogens is 208 g/mol. The molecule has 6 heteroatoms. The molecule has 1 atom stereocenters. The van der Waals surface area contributed by atoms with Crippen LogP contribution in [0.3, 0.4) is 0 Å². The van der Waals surface area contributed by atoms with Crippen LogP contribution in [0.4, 0.5) is 5.69 Å². The number of amides is 1. The Bertz CT molecular complexity index is 362. The number of nitrogen functional groups attached to an aromatic ring is 1. The molecule has 0 aliphatic heterocycles. The first-order valence-electron chi connectivity index (χ1n) is 5.22. The van der Waals surface area contributed by atoms with E-state index in [1.165, 1.54) is 0 Å². The summed E-state index contributed by atoms with van der Waals surface area (Å²) in [6, 6.07) is -0.0707. The number of nitrogens with one attached hydrogen (secondary N) is 2. The molecule has 1 unspecified atom stereocenters. The molecule has 0 spiro atoms. The van der Waals surface area contributed by atoms with E-state index in [2.05, 4.69) is 15.5 Å². The number of nitrogens with two attached hydrogens (primary N) is 1. The zero-order chi connectivity index (χ0) is 12.1. The van der Waals surface area contributed by atoms with Gasteiger partial charge in [-0.15, -0.1) is 0 Å². The van der Waals surface area contributed by atoms with Crippen LogP contribution in [-0.4, -0.2) is 35.9 Å². The number of anilines is 1. The molecule has 1 heterocycles. The highest BCUT2D eigenvalue weighted by Gasteiger charge is 2.17. The second kappa shape index (κ2) is 5.50. The van der Waals surface area contributed by atoms with Gasteiger partial charge in [0, 0.05) is 13.2 Å². The third-order valence-corrected chi connectivity index (χ3v) is 2.25. The molecule has 0 aliphatic carbocycles. The number of aromatic nitrogens is 2. The lowest BCUT2D eigenvalue weighted by molar-refractivity contribution is 0.0901. The Morgan fingerprint density at radius 2 is 2.38 bits per heavy atom. The lowest BCUT2D eigenvalue weighted by atomic mass is 10.2. The van der Waals surface area contributed by atoms with E-state index in [0.717, 1.165) is 12.1 Å². The lowest BCUT2D eigenvalue weighted by Gasteiger charge is -2.11. The number of nitrogens with zero attached hydrogens (tertiary/aromatic N) is 1. The number of methoxy groups -OCH3 is 1. The summed E-state index contributed by atoms with van der Waals surface area (Å²) in [5.74, 6) is -0.280. The Morgan fingerprint density at radius 1 is 1.69 bits per heavy atom. The van der Waals surface area contributed by atoms with Crippen molar-refractivity contribution in [3.8, 4) is 0 Å². The van der Waals surface area contributed by atoms with Crippen LogP contribution < -0.4 is 11.1 Å². The Morgan fingerprint density at radius 3 is 2.88 bits per heavy atom. The van der Waals surface area contributed by atoms with Crippen LogP contribution in [0.25, 0.3) is 0 Å². The number of rotatable bonds is 5. The Kier molecular flexibility index (Phi) is 4.30. The predicted octanol–water partition coefficient (Wildman–Crippen LogP) is 0.319. The molecule has 0 aliphatic rings.